The van der Waals surface area contributed by atoms with Crippen LogP contribution < -0.4 is 9.47 Å². The Bertz CT molecular complexity index is 1310. The van der Waals surface area contributed by atoms with Crippen molar-refractivity contribution in [3.05, 3.63) is 60.6 Å². The van der Waals surface area contributed by atoms with Crippen LogP contribution in [0.25, 0.3) is 33.8 Å². The Kier molecular flexibility index (Phi) is 3.90. The topological polar surface area (TPSA) is 79.4 Å². The number of aryl methyl sites for hydroxylation is 1. The monoisotopic (exact) mass is 386 g/mol. The third-order valence-corrected chi connectivity index (χ3v) is 4.86. The summed E-state index contributed by atoms with van der Waals surface area (Å²) >= 11 is 0. The first-order chi connectivity index (χ1) is 14.2. The molecular weight excluding hydrogens is 368 g/mol. The maximum atomic E-state index is 5.37. The van der Waals surface area contributed by atoms with Crippen LogP contribution >= 0.6 is 0 Å². The molecule has 0 saturated carbocycles. The van der Waals surface area contributed by atoms with E-state index >= 15 is 0 Å². The SMILES string of the molecule is COc1cc(OC)cc(-c2nnc3c4cnn(-c5ccc(C)cc5)c4ncn23)c1. The van der Waals surface area contributed by atoms with Crippen molar-refractivity contribution >= 4 is 16.7 Å². The van der Waals surface area contributed by atoms with Gasteiger partial charge in [0, 0.05) is 11.6 Å². The molecule has 5 rings (SSSR count). The number of benzene rings is 2. The van der Waals surface area contributed by atoms with Gasteiger partial charge in [0.25, 0.3) is 0 Å². The van der Waals surface area contributed by atoms with Gasteiger partial charge >= 0.3 is 0 Å². The lowest BCUT2D eigenvalue weighted by molar-refractivity contribution is 0.394. The Morgan fingerprint density at radius 3 is 2.28 bits per heavy atom. The number of ether oxygens (including phenoxy) is 2. The number of fused-ring (bicyclic) bond motifs is 3. The molecule has 0 unspecified atom stereocenters. The highest BCUT2D eigenvalue weighted by Crippen LogP contribution is 2.30. The molecule has 0 saturated heterocycles. The van der Waals surface area contributed by atoms with Crippen LogP contribution in [-0.4, -0.2) is 43.6 Å². The Labute approximate surface area is 166 Å². The molecule has 0 N–H and O–H groups in total. The van der Waals surface area contributed by atoms with Gasteiger partial charge in [-0.2, -0.15) is 5.10 Å². The van der Waals surface area contributed by atoms with E-state index in [4.69, 9.17) is 9.47 Å². The summed E-state index contributed by atoms with van der Waals surface area (Å²) in [5, 5.41) is 14.1. The highest BCUT2D eigenvalue weighted by molar-refractivity contribution is 5.90. The van der Waals surface area contributed by atoms with Gasteiger partial charge in [-0.05, 0) is 31.2 Å². The molecule has 0 bridgehead atoms. The summed E-state index contributed by atoms with van der Waals surface area (Å²) in [6, 6.07) is 13.7. The molecule has 0 spiro atoms. The van der Waals surface area contributed by atoms with Crippen LogP contribution in [0.1, 0.15) is 5.56 Å². The van der Waals surface area contributed by atoms with E-state index in [0.717, 1.165) is 22.3 Å². The largest absolute Gasteiger partial charge is 0.497 e. The third kappa shape index (κ3) is 2.77. The van der Waals surface area contributed by atoms with Crippen molar-refractivity contribution < 1.29 is 9.47 Å². The van der Waals surface area contributed by atoms with Crippen LogP contribution in [0.4, 0.5) is 0 Å². The second kappa shape index (κ2) is 6.59. The lowest BCUT2D eigenvalue weighted by Crippen LogP contribution is -1.99. The van der Waals surface area contributed by atoms with E-state index in [0.29, 0.717) is 23.0 Å². The van der Waals surface area contributed by atoms with Crippen LogP contribution in [0.2, 0.25) is 0 Å². The fraction of sp³-hybridized carbons (Fsp3) is 0.143. The van der Waals surface area contributed by atoms with E-state index < -0.39 is 0 Å². The predicted octanol–water partition coefficient (Wildman–Crippen LogP) is 3.46. The lowest BCUT2D eigenvalue weighted by Gasteiger charge is -2.07. The average Bonchev–Trinajstić information content (AvgIpc) is 3.38. The van der Waals surface area contributed by atoms with Crippen LogP contribution in [0, 0.1) is 6.92 Å². The molecule has 0 aliphatic carbocycles. The normalized spacial score (nSPS) is 11.3. The Hall–Kier alpha value is -3.94. The summed E-state index contributed by atoms with van der Waals surface area (Å²) in [5.41, 5.74) is 4.37. The van der Waals surface area contributed by atoms with E-state index in [1.807, 2.05) is 46.9 Å². The van der Waals surface area contributed by atoms with Crippen molar-refractivity contribution in [1.82, 2.24) is 29.4 Å². The molecule has 144 valence electrons. The minimum atomic E-state index is 0.648. The lowest BCUT2D eigenvalue weighted by atomic mass is 10.2. The molecule has 0 aliphatic heterocycles. The first kappa shape index (κ1) is 17.2. The molecule has 2 aromatic carbocycles. The highest BCUT2D eigenvalue weighted by Gasteiger charge is 2.16. The second-order valence-electron chi connectivity index (χ2n) is 6.69. The van der Waals surface area contributed by atoms with Crippen molar-refractivity contribution in [2.45, 2.75) is 6.92 Å². The van der Waals surface area contributed by atoms with Gasteiger partial charge in [-0.3, -0.25) is 4.40 Å². The minimum absolute atomic E-state index is 0.648. The quantitative estimate of drug-likeness (QED) is 0.471. The zero-order valence-corrected chi connectivity index (χ0v) is 16.2. The van der Waals surface area contributed by atoms with Gasteiger partial charge in [0.05, 0.1) is 31.5 Å². The van der Waals surface area contributed by atoms with E-state index in [-0.39, 0.29) is 0 Å². The molecule has 29 heavy (non-hydrogen) atoms. The minimum Gasteiger partial charge on any atom is -0.497 e. The van der Waals surface area contributed by atoms with E-state index in [2.05, 4.69) is 27.2 Å². The number of hydrogen-bond acceptors (Lipinski definition) is 6. The second-order valence-corrected chi connectivity index (χ2v) is 6.69. The van der Waals surface area contributed by atoms with Crippen molar-refractivity contribution in [1.29, 1.82) is 0 Å². The molecule has 3 aromatic heterocycles. The van der Waals surface area contributed by atoms with Crippen LogP contribution in [0.15, 0.2) is 55.0 Å². The van der Waals surface area contributed by atoms with Gasteiger partial charge in [0.2, 0.25) is 0 Å². The van der Waals surface area contributed by atoms with Crippen molar-refractivity contribution in [2.24, 2.45) is 0 Å². The zero-order chi connectivity index (χ0) is 20.0. The molecular formula is C21H18N6O2. The van der Waals surface area contributed by atoms with E-state index in [1.54, 1.807) is 31.4 Å². The summed E-state index contributed by atoms with van der Waals surface area (Å²) in [5.74, 6) is 2.00. The highest BCUT2D eigenvalue weighted by atomic mass is 16.5. The first-order valence-corrected chi connectivity index (χ1v) is 9.06. The number of nitrogens with zero attached hydrogens (tertiary/aromatic N) is 6. The number of methoxy groups -OCH3 is 2. The molecule has 0 aliphatic rings. The van der Waals surface area contributed by atoms with Gasteiger partial charge in [0.15, 0.2) is 17.1 Å². The van der Waals surface area contributed by atoms with Crippen molar-refractivity contribution in [2.75, 3.05) is 14.2 Å². The molecule has 0 radical (unpaired) electrons. The fourth-order valence-electron chi connectivity index (χ4n) is 3.33. The van der Waals surface area contributed by atoms with E-state index in [9.17, 15) is 0 Å². The van der Waals surface area contributed by atoms with Gasteiger partial charge in [-0.25, -0.2) is 9.67 Å². The molecule has 0 atom stereocenters. The van der Waals surface area contributed by atoms with Crippen LogP contribution in [0.5, 0.6) is 11.5 Å². The maximum Gasteiger partial charge on any atom is 0.175 e. The fourth-order valence-corrected chi connectivity index (χ4v) is 3.33. The summed E-state index contributed by atoms with van der Waals surface area (Å²) in [4.78, 5) is 4.63. The first-order valence-electron chi connectivity index (χ1n) is 9.06. The van der Waals surface area contributed by atoms with Crippen molar-refractivity contribution in [3.8, 4) is 28.6 Å². The summed E-state index contributed by atoms with van der Waals surface area (Å²) in [6.07, 6.45) is 3.48. The third-order valence-electron chi connectivity index (χ3n) is 4.86. The van der Waals surface area contributed by atoms with Gasteiger partial charge in [-0.1, -0.05) is 17.7 Å². The molecule has 8 nitrogen and oxygen atoms in total. The number of aromatic nitrogens is 6. The zero-order valence-electron chi connectivity index (χ0n) is 16.2. The van der Waals surface area contributed by atoms with Crippen LogP contribution in [0.3, 0.4) is 0 Å². The smallest absolute Gasteiger partial charge is 0.175 e. The molecule has 0 amide bonds. The predicted molar refractivity (Wildman–Crippen MR) is 109 cm³/mol. The Balaban J connectivity index is 1.68. The van der Waals surface area contributed by atoms with Gasteiger partial charge in [0.1, 0.15) is 17.8 Å². The molecule has 3 heterocycles. The molecule has 5 aromatic rings. The summed E-state index contributed by atoms with van der Waals surface area (Å²) < 4.78 is 14.4. The number of hydrogen-bond donors (Lipinski definition) is 0. The molecule has 0 fully saturated rings. The summed E-state index contributed by atoms with van der Waals surface area (Å²) in [7, 11) is 3.23. The van der Waals surface area contributed by atoms with Crippen LogP contribution in [-0.2, 0) is 0 Å². The van der Waals surface area contributed by atoms with Gasteiger partial charge in [-0.15, -0.1) is 10.2 Å². The average molecular weight is 386 g/mol. The standard InChI is InChI=1S/C21H18N6O2/c1-13-4-6-15(7-5-13)27-20-18(11-23-27)21-25-24-19(26(21)12-22-20)14-8-16(28-2)10-17(9-14)29-3/h4-12H,1-3H3. The van der Waals surface area contributed by atoms with Gasteiger partial charge < -0.3 is 9.47 Å². The maximum absolute atomic E-state index is 5.37. The Morgan fingerprint density at radius 1 is 0.862 bits per heavy atom. The number of rotatable bonds is 4. The molecule has 8 heteroatoms. The Morgan fingerprint density at radius 2 is 1.59 bits per heavy atom. The summed E-state index contributed by atoms with van der Waals surface area (Å²) in [6.45, 7) is 2.05. The van der Waals surface area contributed by atoms with E-state index in [1.165, 1.54) is 5.56 Å². The van der Waals surface area contributed by atoms with Crippen molar-refractivity contribution in [3.63, 3.8) is 0 Å².